The monoisotopic (exact) mass is 208 g/mol. The molecule has 0 fully saturated rings. The minimum atomic E-state index is -0.859. The van der Waals surface area contributed by atoms with Crippen molar-refractivity contribution in [3.8, 4) is 11.5 Å². The highest BCUT2D eigenvalue weighted by Gasteiger charge is 2.26. The SMILES string of the molecule is [2H]c1cc2c(cc1[2H])OC(C1=N[C@@H]([2H])[C@H]([2H])N1)CO2. The molecule has 2 heterocycles. The zero-order valence-electron chi connectivity index (χ0n) is 11.9. The van der Waals surface area contributed by atoms with E-state index >= 15 is 0 Å². The Kier molecular flexibility index (Phi) is 1.24. The lowest BCUT2D eigenvalue weighted by Gasteiger charge is -2.26. The zero-order valence-corrected chi connectivity index (χ0v) is 7.86. The van der Waals surface area contributed by atoms with Gasteiger partial charge in [-0.05, 0) is 12.1 Å². The average Bonchev–Trinajstić information content (AvgIpc) is 2.71. The fourth-order valence-electron chi connectivity index (χ4n) is 1.50. The van der Waals surface area contributed by atoms with Crippen LogP contribution in [0.1, 0.15) is 5.48 Å². The molecule has 3 rings (SSSR count). The number of hydrogen-bond donors (Lipinski definition) is 1. The van der Waals surface area contributed by atoms with Gasteiger partial charge in [0.15, 0.2) is 17.6 Å². The summed E-state index contributed by atoms with van der Waals surface area (Å²) in [6, 6.07) is 3.00. The van der Waals surface area contributed by atoms with E-state index < -0.39 is 19.1 Å². The summed E-state index contributed by atoms with van der Waals surface area (Å²) in [7, 11) is 0. The predicted octanol–water partition coefficient (Wildman–Crippen LogP) is 0.828. The van der Waals surface area contributed by atoms with Gasteiger partial charge in [-0.1, -0.05) is 12.1 Å². The van der Waals surface area contributed by atoms with Crippen LogP contribution in [-0.4, -0.2) is 31.6 Å². The second kappa shape index (κ2) is 3.46. The molecular weight excluding hydrogens is 192 g/mol. The number of ether oxygens (including phenoxy) is 2. The standard InChI is InChI=1S/C11H12N2O2/c1-2-4-9-8(3-1)14-7-10(15-9)11-12-5-6-13-11/h1-4,10H,5-7H2,(H,12,13)/i1D,2D,5D,6D/t5-,6-,10?/m0/s1. The van der Waals surface area contributed by atoms with Crippen LogP contribution in [0.25, 0.3) is 0 Å². The number of fused-ring (bicyclic) bond motifs is 1. The maximum Gasteiger partial charge on any atom is 0.189 e. The molecular formula is C11H12N2O2. The van der Waals surface area contributed by atoms with E-state index in [-0.39, 0.29) is 18.7 Å². The number of amidine groups is 1. The molecule has 4 nitrogen and oxygen atoms in total. The minimum absolute atomic E-state index is 0.0565. The quantitative estimate of drug-likeness (QED) is 0.743. The fraction of sp³-hybridized carbons (Fsp3) is 0.364. The largest absolute Gasteiger partial charge is 0.485 e. The summed E-state index contributed by atoms with van der Waals surface area (Å²) in [5.41, 5.74) is 0. The second-order valence-electron chi connectivity index (χ2n) is 3.20. The van der Waals surface area contributed by atoms with E-state index in [1.165, 1.54) is 12.1 Å². The first-order chi connectivity index (χ1) is 9.04. The predicted molar refractivity (Wildman–Crippen MR) is 56.7 cm³/mol. The number of para-hydroxylation sites is 2. The lowest BCUT2D eigenvalue weighted by molar-refractivity contribution is 0.133. The Morgan fingerprint density at radius 2 is 2.33 bits per heavy atom. The summed E-state index contributed by atoms with van der Waals surface area (Å²) in [6.07, 6.45) is -0.508. The number of benzene rings is 1. The normalized spacial score (nSPS) is 36.8. The number of rotatable bonds is 1. The van der Waals surface area contributed by atoms with Crippen molar-refractivity contribution in [2.75, 3.05) is 19.6 Å². The number of nitrogens with one attached hydrogen (secondary N) is 1. The van der Waals surface area contributed by atoms with Crippen LogP contribution >= 0.6 is 0 Å². The molecule has 0 saturated heterocycles. The molecule has 0 spiro atoms. The first-order valence-corrected chi connectivity index (χ1v) is 4.64. The van der Waals surface area contributed by atoms with Gasteiger partial charge in [0.05, 0.1) is 12.0 Å². The van der Waals surface area contributed by atoms with Gasteiger partial charge in [0, 0.05) is 6.52 Å². The molecule has 15 heavy (non-hydrogen) atoms. The van der Waals surface area contributed by atoms with Gasteiger partial charge < -0.3 is 14.8 Å². The van der Waals surface area contributed by atoms with Crippen molar-refractivity contribution >= 4 is 5.84 Å². The molecule has 0 radical (unpaired) electrons. The van der Waals surface area contributed by atoms with Crippen LogP contribution in [0.4, 0.5) is 0 Å². The van der Waals surface area contributed by atoms with Gasteiger partial charge in [-0.25, -0.2) is 0 Å². The molecule has 1 N–H and O–H groups in total. The van der Waals surface area contributed by atoms with E-state index in [9.17, 15) is 0 Å². The Labute approximate surface area is 93.5 Å². The summed E-state index contributed by atoms with van der Waals surface area (Å²) in [5, 5.41) is 2.77. The Morgan fingerprint density at radius 3 is 3.13 bits per heavy atom. The Bertz CT molecular complexity index is 552. The molecule has 1 aromatic carbocycles. The fourth-order valence-corrected chi connectivity index (χ4v) is 1.50. The van der Waals surface area contributed by atoms with E-state index in [0.29, 0.717) is 17.3 Å². The summed E-state index contributed by atoms with van der Waals surface area (Å²) >= 11 is 0. The number of hydrogen-bond acceptors (Lipinski definition) is 4. The molecule has 78 valence electrons. The number of aliphatic imine (C=N–C) groups is 1. The van der Waals surface area contributed by atoms with Gasteiger partial charge in [0.2, 0.25) is 0 Å². The molecule has 1 aromatic rings. The molecule has 0 saturated carbocycles. The summed E-state index contributed by atoms with van der Waals surface area (Å²) in [4.78, 5) is 4.00. The van der Waals surface area contributed by atoms with Crippen LogP contribution in [0.2, 0.25) is 0 Å². The minimum Gasteiger partial charge on any atom is -0.485 e. The van der Waals surface area contributed by atoms with E-state index in [1.54, 1.807) is 0 Å². The van der Waals surface area contributed by atoms with Gasteiger partial charge in [-0.15, -0.1) is 0 Å². The third-order valence-corrected chi connectivity index (χ3v) is 2.22. The Morgan fingerprint density at radius 1 is 1.47 bits per heavy atom. The van der Waals surface area contributed by atoms with Gasteiger partial charge >= 0.3 is 0 Å². The van der Waals surface area contributed by atoms with Crippen LogP contribution in [0.15, 0.2) is 29.2 Å². The van der Waals surface area contributed by atoms with Gasteiger partial charge in [0.1, 0.15) is 12.4 Å². The molecule has 3 atom stereocenters. The van der Waals surface area contributed by atoms with Gasteiger partial charge in [-0.2, -0.15) is 0 Å². The van der Waals surface area contributed by atoms with Crippen molar-refractivity contribution in [1.82, 2.24) is 5.32 Å². The average molecular weight is 208 g/mol. The maximum atomic E-state index is 7.57. The van der Waals surface area contributed by atoms with E-state index in [4.69, 9.17) is 15.0 Å². The molecule has 1 unspecified atom stereocenters. The third kappa shape index (κ3) is 1.52. The van der Waals surface area contributed by atoms with Gasteiger partial charge in [0.25, 0.3) is 0 Å². The molecule has 2 aliphatic heterocycles. The van der Waals surface area contributed by atoms with Crippen LogP contribution < -0.4 is 14.8 Å². The van der Waals surface area contributed by atoms with E-state index in [0.717, 1.165) is 0 Å². The van der Waals surface area contributed by atoms with E-state index in [2.05, 4.69) is 10.3 Å². The second-order valence-corrected chi connectivity index (χ2v) is 3.20. The Hall–Kier alpha value is -1.71. The molecule has 0 amide bonds. The van der Waals surface area contributed by atoms with Crippen molar-refractivity contribution in [2.45, 2.75) is 6.10 Å². The first kappa shape index (κ1) is 5.39. The highest BCUT2D eigenvalue weighted by molar-refractivity contribution is 5.88. The van der Waals surface area contributed by atoms with Crippen LogP contribution in [0, 0.1) is 0 Å². The maximum absolute atomic E-state index is 7.57. The summed E-state index contributed by atoms with van der Waals surface area (Å²) in [5.74, 6) is 1.24. The van der Waals surface area contributed by atoms with Crippen molar-refractivity contribution in [2.24, 2.45) is 4.99 Å². The Balaban J connectivity index is 1.83. The van der Waals surface area contributed by atoms with Crippen molar-refractivity contribution in [1.29, 1.82) is 0 Å². The molecule has 0 aliphatic carbocycles. The van der Waals surface area contributed by atoms with E-state index in [1.807, 2.05) is 0 Å². The first-order valence-electron chi connectivity index (χ1n) is 6.79. The molecule has 0 aromatic heterocycles. The van der Waals surface area contributed by atoms with Crippen LogP contribution in [0.5, 0.6) is 11.5 Å². The molecule has 2 aliphatic rings. The summed E-state index contributed by atoms with van der Waals surface area (Å²) < 4.78 is 41.3. The van der Waals surface area contributed by atoms with Crippen LogP contribution in [-0.2, 0) is 0 Å². The van der Waals surface area contributed by atoms with Crippen molar-refractivity contribution in [3.05, 3.63) is 24.2 Å². The lowest BCUT2D eigenvalue weighted by Crippen LogP contribution is -2.42. The number of nitrogens with zero attached hydrogens (tertiary/aromatic N) is 1. The van der Waals surface area contributed by atoms with Crippen molar-refractivity contribution in [3.63, 3.8) is 0 Å². The molecule has 0 bridgehead atoms. The smallest absolute Gasteiger partial charge is 0.189 e. The summed E-state index contributed by atoms with van der Waals surface area (Å²) in [6.45, 7) is -1.44. The molecule has 4 heteroatoms. The highest BCUT2D eigenvalue weighted by atomic mass is 16.6. The topological polar surface area (TPSA) is 42.8 Å². The highest BCUT2D eigenvalue weighted by Crippen LogP contribution is 2.31. The van der Waals surface area contributed by atoms with Crippen LogP contribution in [0.3, 0.4) is 0 Å². The third-order valence-electron chi connectivity index (χ3n) is 2.22. The lowest BCUT2D eigenvalue weighted by atomic mass is 10.2. The zero-order chi connectivity index (χ0) is 13.6. The van der Waals surface area contributed by atoms with Crippen molar-refractivity contribution < 1.29 is 15.0 Å². The van der Waals surface area contributed by atoms with Gasteiger partial charge in [-0.3, -0.25) is 4.99 Å².